The molecule has 2 aromatic carbocycles. The van der Waals surface area contributed by atoms with Gasteiger partial charge in [0.2, 0.25) is 0 Å². The lowest BCUT2D eigenvalue weighted by Crippen LogP contribution is -2.17. The van der Waals surface area contributed by atoms with Crippen molar-refractivity contribution in [2.45, 2.75) is 20.5 Å². The normalized spacial score (nSPS) is 10.9. The van der Waals surface area contributed by atoms with Crippen LogP contribution >= 0.6 is 22.9 Å². The van der Waals surface area contributed by atoms with E-state index in [2.05, 4.69) is 15.5 Å². The Morgan fingerprint density at radius 1 is 1.21 bits per heavy atom. The first-order valence-corrected chi connectivity index (χ1v) is 9.98. The summed E-state index contributed by atoms with van der Waals surface area (Å²) in [6.07, 6.45) is 1.55. The maximum atomic E-state index is 12.2. The monoisotopic (exact) mass is 429 g/mol. The van der Waals surface area contributed by atoms with Crippen molar-refractivity contribution in [2.24, 2.45) is 5.10 Å². The topological polar surface area (TPSA) is 72.8 Å². The summed E-state index contributed by atoms with van der Waals surface area (Å²) in [6, 6.07) is 12.9. The van der Waals surface area contributed by atoms with Crippen LogP contribution in [0.4, 0.5) is 0 Å². The average Bonchev–Trinajstić information content (AvgIpc) is 3.06. The summed E-state index contributed by atoms with van der Waals surface area (Å²) < 4.78 is 11.2. The van der Waals surface area contributed by atoms with Crippen molar-refractivity contribution in [1.82, 2.24) is 10.4 Å². The zero-order chi connectivity index (χ0) is 20.8. The van der Waals surface area contributed by atoms with Gasteiger partial charge in [0.25, 0.3) is 5.91 Å². The number of ether oxygens (including phenoxy) is 2. The van der Waals surface area contributed by atoms with Crippen molar-refractivity contribution < 1.29 is 14.3 Å². The molecule has 150 valence electrons. The molecule has 0 aliphatic carbocycles. The maximum Gasteiger partial charge on any atom is 0.283 e. The Bertz CT molecular complexity index is 1030. The van der Waals surface area contributed by atoms with Crippen LogP contribution in [0, 0.1) is 13.8 Å². The van der Waals surface area contributed by atoms with E-state index in [4.69, 9.17) is 21.1 Å². The number of nitrogens with zero attached hydrogens (tertiary/aromatic N) is 2. The number of aryl methyl sites for hydroxylation is 2. The van der Waals surface area contributed by atoms with E-state index in [1.807, 2.05) is 37.3 Å². The van der Waals surface area contributed by atoms with E-state index in [9.17, 15) is 4.79 Å². The van der Waals surface area contributed by atoms with Crippen molar-refractivity contribution in [1.29, 1.82) is 0 Å². The predicted octanol–water partition coefficient (Wildman–Crippen LogP) is 4.76. The Morgan fingerprint density at radius 2 is 1.97 bits per heavy atom. The first kappa shape index (κ1) is 20.8. The Hall–Kier alpha value is -2.90. The van der Waals surface area contributed by atoms with E-state index in [0.29, 0.717) is 33.7 Å². The van der Waals surface area contributed by atoms with Gasteiger partial charge in [-0.3, -0.25) is 4.79 Å². The molecular formula is C21H20ClN3O3S. The third kappa shape index (κ3) is 5.56. The molecule has 0 spiro atoms. The summed E-state index contributed by atoms with van der Waals surface area (Å²) >= 11 is 7.24. The van der Waals surface area contributed by atoms with Crippen LogP contribution in [-0.2, 0) is 6.61 Å². The van der Waals surface area contributed by atoms with E-state index in [0.717, 1.165) is 16.1 Å². The Morgan fingerprint density at radius 3 is 2.62 bits per heavy atom. The second-order valence-electron chi connectivity index (χ2n) is 6.17. The Kier molecular flexibility index (Phi) is 6.85. The van der Waals surface area contributed by atoms with Gasteiger partial charge in [-0.1, -0.05) is 23.7 Å². The summed E-state index contributed by atoms with van der Waals surface area (Å²) in [5.41, 5.74) is 4.98. The molecule has 0 aliphatic rings. The first-order chi connectivity index (χ1) is 14.0. The number of carbonyl (C=O) groups is 1. The lowest BCUT2D eigenvalue weighted by molar-refractivity contribution is 0.0958. The highest BCUT2D eigenvalue weighted by Crippen LogP contribution is 2.28. The first-order valence-electron chi connectivity index (χ1n) is 8.79. The maximum absolute atomic E-state index is 12.2. The number of hydrogen-bond donors (Lipinski definition) is 1. The fraction of sp³-hybridized carbons (Fsp3) is 0.190. The van der Waals surface area contributed by atoms with Gasteiger partial charge >= 0.3 is 0 Å². The van der Waals surface area contributed by atoms with Crippen LogP contribution in [0.15, 0.2) is 47.6 Å². The summed E-state index contributed by atoms with van der Waals surface area (Å²) in [6.45, 7) is 4.06. The number of hydrazone groups is 1. The number of thiazole rings is 1. The van der Waals surface area contributed by atoms with Crippen LogP contribution < -0.4 is 14.9 Å². The molecule has 0 unspecified atom stereocenters. The number of aromatic nitrogens is 1. The van der Waals surface area contributed by atoms with Crippen LogP contribution in [0.3, 0.4) is 0 Å². The highest BCUT2D eigenvalue weighted by atomic mass is 35.5. The van der Waals surface area contributed by atoms with E-state index < -0.39 is 0 Å². The number of halogens is 1. The van der Waals surface area contributed by atoms with Crippen molar-refractivity contribution in [3.63, 3.8) is 0 Å². The van der Waals surface area contributed by atoms with Gasteiger partial charge in [0.1, 0.15) is 11.5 Å². The SMILES string of the molecule is COc1cc(/C=N/NC(=O)c2sc(C)nc2C)ccc1OCc1ccc(Cl)cc1. The van der Waals surface area contributed by atoms with Gasteiger partial charge in [-0.2, -0.15) is 5.10 Å². The Balaban J connectivity index is 1.63. The van der Waals surface area contributed by atoms with Gasteiger partial charge in [0, 0.05) is 5.02 Å². The number of amides is 1. The summed E-state index contributed by atoms with van der Waals surface area (Å²) in [4.78, 5) is 17.0. The molecule has 0 aliphatic heterocycles. The largest absolute Gasteiger partial charge is 0.493 e. The number of rotatable bonds is 7. The molecule has 1 amide bonds. The molecule has 0 saturated carbocycles. The molecule has 29 heavy (non-hydrogen) atoms. The number of hydrogen-bond acceptors (Lipinski definition) is 6. The molecule has 1 N–H and O–H groups in total. The Labute approximate surface area is 178 Å². The second kappa shape index (κ2) is 9.54. The molecular weight excluding hydrogens is 410 g/mol. The third-order valence-electron chi connectivity index (χ3n) is 3.98. The lowest BCUT2D eigenvalue weighted by Gasteiger charge is -2.11. The highest BCUT2D eigenvalue weighted by molar-refractivity contribution is 7.13. The van der Waals surface area contributed by atoms with Gasteiger partial charge in [0.05, 0.1) is 24.0 Å². The molecule has 3 aromatic rings. The zero-order valence-electron chi connectivity index (χ0n) is 16.2. The molecule has 3 rings (SSSR count). The molecule has 6 nitrogen and oxygen atoms in total. The van der Waals surface area contributed by atoms with Gasteiger partial charge < -0.3 is 9.47 Å². The molecule has 1 aromatic heterocycles. The summed E-state index contributed by atoms with van der Waals surface area (Å²) in [5.74, 6) is 0.904. The molecule has 0 radical (unpaired) electrons. The van der Waals surface area contributed by atoms with Gasteiger partial charge in [0.15, 0.2) is 11.5 Å². The minimum absolute atomic E-state index is 0.278. The summed E-state index contributed by atoms with van der Waals surface area (Å²) in [7, 11) is 1.57. The van der Waals surface area contributed by atoms with Gasteiger partial charge in [-0.05, 0) is 55.3 Å². The van der Waals surface area contributed by atoms with Crippen LogP contribution in [0.1, 0.15) is 31.5 Å². The quantitative estimate of drug-likeness (QED) is 0.434. The number of methoxy groups -OCH3 is 1. The van der Waals surface area contributed by atoms with Crippen molar-refractivity contribution in [3.05, 3.63) is 74.2 Å². The van der Waals surface area contributed by atoms with E-state index in [-0.39, 0.29) is 5.91 Å². The van der Waals surface area contributed by atoms with Crippen molar-refractivity contribution in [2.75, 3.05) is 7.11 Å². The summed E-state index contributed by atoms with van der Waals surface area (Å²) in [5, 5.41) is 5.55. The molecule has 0 bridgehead atoms. The fourth-order valence-electron chi connectivity index (χ4n) is 2.58. The second-order valence-corrected chi connectivity index (χ2v) is 7.81. The van der Waals surface area contributed by atoms with Crippen LogP contribution in [-0.4, -0.2) is 24.2 Å². The highest BCUT2D eigenvalue weighted by Gasteiger charge is 2.12. The fourth-order valence-corrected chi connectivity index (χ4v) is 3.52. The van der Waals surface area contributed by atoms with Gasteiger partial charge in [-0.15, -0.1) is 11.3 Å². The number of carbonyl (C=O) groups excluding carboxylic acids is 1. The molecule has 0 fully saturated rings. The van der Waals surface area contributed by atoms with Crippen molar-refractivity contribution >= 4 is 35.1 Å². The minimum atomic E-state index is -0.278. The van der Waals surface area contributed by atoms with Crippen molar-refractivity contribution in [3.8, 4) is 11.5 Å². The minimum Gasteiger partial charge on any atom is -0.493 e. The number of benzene rings is 2. The van der Waals surface area contributed by atoms with Crippen LogP contribution in [0.5, 0.6) is 11.5 Å². The molecule has 0 atom stereocenters. The molecule has 0 saturated heterocycles. The predicted molar refractivity (Wildman–Crippen MR) is 115 cm³/mol. The van der Waals surface area contributed by atoms with Crippen LogP contribution in [0.25, 0.3) is 0 Å². The van der Waals surface area contributed by atoms with E-state index in [1.54, 1.807) is 32.4 Å². The smallest absolute Gasteiger partial charge is 0.283 e. The third-order valence-corrected chi connectivity index (χ3v) is 5.31. The number of nitrogens with one attached hydrogen (secondary N) is 1. The van der Waals surface area contributed by atoms with E-state index >= 15 is 0 Å². The molecule has 8 heteroatoms. The standard InChI is InChI=1S/C21H20ClN3O3S/c1-13-20(29-14(2)24-13)21(26)25-23-11-16-6-9-18(19(10-16)27-3)28-12-15-4-7-17(22)8-5-15/h4-11H,12H2,1-3H3,(H,25,26)/b23-11+. The lowest BCUT2D eigenvalue weighted by atomic mass is 10.2. The zero-order valence-corrected chi connectivity index (χ0v) is 17.8. The molecule has 1 heterocycles. The van der Waals surface area contributed by atoms with Crippen LogP contribution in [0.2, 0.25) is 5.02 Å². The van der Waals surface area contributed by atoms with Gasteiger partial charge in [-0.25, -0.2) is 10.4 Å². The van der Waals surface area contributed by atoms with E-state index in [1.165, 1.54) is 11.3 Å². The average molecular weight is 430 g/mol.